The van der Waals surface area contributed by atoms with E-state index in [0.29, 0.717) is 18.8 Å². The van der Waals surface area contributed by atoms with Crippen molar-refractivity contribution in [3.8, 4) is 0 Å². The first-order chi connectivity index (χ1) is 7.57. The molecule has 1 atom stereocenters. The molecule has 2 N–H and O–H groups in total. The lowest BCUT2D eigenvalue weighted by molar-refractivity contribution is -0.132. The number of carbonyl (C=O) groups is 2. The lowest BCUT2D eigenvalue weighted by atomic mass is 10.2. The van der Waals surface area contributed by atoms with Crippen LogP contribution in [0.25, 0.3) is 0 Å². The van der Waals surface area contributed by atoms with Crippen molar-refractivity contribution in [1.29, 1.82) is 0 Å². The van der Waals surface area contributed by atoms with Crippen molar-refractivity contribution in [3.05, 3.63) is 0 Å². The van der Waals surface area contributed by atoms with Gasteiger partial charge in [0.2, 0.25) is 5.91 Å². The van der Waals surface area contributed by atoms with Gasteiger partial charge in [-0.15, -0.1) is 0 Å². The molecule has 1 aliphatic heterocycles. The first-order valence-corrected chi connectivity index (χ1v) is 6.41. The number of thioether (sulfide) groups is 1. The Hall–Kier alpha value is -0.750. The molecule has 6 heteroatoms. The van der Waals surface area contributed by atoms with Crippen molar-refractivity contribution in [1.82, 2.24) is 9.80 Å². The molecule has 0 spiro atoms. The van der Waals surface area contributed by atoms with Gasteiger partial charge in [-0.1, -0.05) is 11.8 Å². The molecule has 1 saturated heterocycles. The van der Waals surface area contributed by atoms with Crippen LogP contribution in [0.2, 0.25) is 0 Å². The highest BCUT2D eigenvalue weighted by Gasteiger charge is 2.34. The Bertz CT molecular complexity index is 271. The predicted molar refractivity (Wildman–Crippen MR) is 65.3 cm³/mol. The number of carbonyl (C=O) groups excluding carboxylic acids is 2. The van der Waals surface area contributed by atoms with Crippen LogP contribution >= 0.6 is 11.8 Å². The molecule has 1 heterocycles. The molecule has 0 aromatic rings. The van der Waals surface area contributed by atoms with Crippen LogP contribution in [0.5, 0.6) is 0 Å². The molecule has 0 aliphatic carbocycles. The van der Waals surface area contributed by atoms with Gasteiger partial charge in [-0.25, -0.2) is 0 Å². The Kier molecular flexibility index (Phi) is 5.08. The first-order valence-electron chi connectivity index (χ1n) is 5.42. The molecule has 0 aromatic heterocycles. The van der Waals surface area contributed by atoms with Gasteiger partial charge in [0.25, 0.3) is 5.24 Å². The number of hydrogen-bond acceptors (Lipinski definition) is 4. The SMILES string of the molecule is CN(C)C(=O)C1CCCN1C(=O)SCCN. The monoisotopic (exact) mass is 245 g/mol. The van der Waals surface area contributed by atoms with Gasteiger partial charge in [-0.05, 0) is 12.8 Å². The largest absolute Gasteiger partial charge is 0.347 e. The Morgan fingerprint density at radius 1 is 1.50 bits per heavy atom. The van der Waals surface area contributed by atoms with Gasteiger partial charge in [0.15, 0.2) is 0 Å². The van der Waals surface area contributed by atoms with Crippen molar-refractivity contribution >= 4 is 22.9 Å². The van der Waals surface area contributed by atoms with Crippen LogP contribution in [0.4, 0.5) is 4.79 Å². The number of nitrogens with two attached hydrogens (primary N) is 1. The molecule has 0 radical (unpaired) electrons. The minimum atomic E-state index is -0.271. The van der Waals surface area contributed by atoms with Crippen molar-refractivity contribution in [2.75, 3.05) is 32.9 Å². The van der Waals surface area contributed by atoms with E-state index < -0.39 is 0 Å². The molecule has 5 nitrogen and oxygen atoms in total. The van der Waals surface area contributed by atoms with Crippen LogP contribution in [0.1, 0.15) is 12.8 Å². The van der Waals surface area contributed by atoms with Crippen LogP contribution in [0.3, 0.4) is 0 Å². The number of rotatable bonds is 3. The summed E-state index contributed by atoms with van der Waals surface area (Å²) in [6.07, 6.45) is 1.67. The first kappa shape index (κ1) is 13.3. The average molecular weight is 245 g/mol. The highest BCUT2D eigenvalue weighted by molar-refractivity contribution is 8.13. The topological polar surface area (TPSA) is 66.6 Å². The zero-order valence-corrected chi connectivity index (χ0v) is 10.6. The highest BCUT2D eigenvalue weighted by atomic mass is 32.2. The summed E-state index contributed by atoms with van der Waals surface area (Å²) in [7, 11) is 3.44. The van der Waals surface area contributed by atoms with E-state index in [9.17, 15) is 9.59 Å². The van der Waals surface area contributed by atoms with E-state index in [0.717, 1.165) is 12.8 Å². The van der Waals surface area contributed by atoms with Gasteiger partial charge in [0, 0.05) is 32.9 Å². The Labute approximate surface area is 100 Å². The second kappa shape index (κ2) is 6.10. The molecule has 0 bridgehead atoms. The number of nitrogens with zero attached hydrogens (tertiary/aromatic N) is 2. The van der Waals surface area contributed by atoms with E-state index >= 15 is 0 Å². The summed E-state index contributed by atoms with van der Waals surface area (Å²) in [5.74, 6) is 0.622. The second-order valence-electron chi connectivity index (χ2n) is 3.99. The molecular formula is C10H19N3O2S. The fraction of sp³-hybridized carbons (Fsp3) is 0.800. The molecule has 1 unspecified atom stereocenters. The van der Waals surface area contributed by atoms with E-state index in [4.69, 9.17) is 5.73 Å². The quantitative estimate of drug-likeness (QED) is 0.779. The highest BCUT2D eigenvalue weighted by Crippen LogP contribution is 2.23. The van der Waals surface area contributed by atoms with Crippen molar-refractivity contribution in [2.24, 2.45) is 5.73 Å². The predicted octanol–water partition coefficient (Wildman–Crippen LogP) is 0.351. The minimum Gasteiger partial charge on any atom is -0.347 e. The summed E-state index contributed by atoms with van der Waals surface area (Å²) in [6.45, 7) is 1.16. The summed E-state index contributed by atoms with van der Waals surface area (Å²) >= 11 is 1.20. The third-order valence-electron chi connectivity index (χ3n) is 2.56. The summed E-state index contributed by atoms with van der Waals surface area (Å²) in [5, 5.41) is -0.0249. The van der Waals surface area contributed by atoms with Gasteiger partial charge in [-0.3, -0.25) is 9.59 Å². The molecule has 16 heavy (non-hydrogen) atoms. The molecule has 1 aliphatic rings. The Morgan fingerprint density at radius 2 is 2.19 bits per heavy atom. The third-order valence-corrected chi connectivity index (χ3v) is 3.48. The normalized spacial score (nSPS) is 19.9. The minimum absolute atomic E-state index is 0.0131. The Balaban J connectivity index is 2.58. The summed E-state index contributed by atoms with van der Waals surface area (Å²) < 4.78 is 0. The van der Waals surface area contributed by atoms with E-state index in [1.807, 2.05) is 0 Å². The maximum absolute atomic E-state index is 11.8. The molecule has 2 amide bonds. The van der Waals surface area contributed by atoms with E-state index in [-0.39, 0.29) is 17.2 Å². The third kappa shape index (κ3) is 3.12. The van der Waals surface area contributed by atoms with Crippen LogP contribution < -0.4 is 5.73 Å². The van der Waals surface area contributed by atoms with Gasteiger partial charge < -0.3 is 15.5 Å². The van der Waals surface area contributed by atoms with Gasteiger partial charge in [-0.2, -0.15) is 0 Å². The Morgan fingerprint density at radius 3 is 2.75 bits per heavy atom. The second-order valence-corrected chi connectivity index (χ2v) is 5.03. The van der Waals surface area contributed by atoms with Gasteiger partial charge in [0.1, 0.15) is 6.04 Å². The molecular weight excluding hydrogens is 226 g/mol. The molecule has 0 saturated carbocycles. The van der Waals surface area contributed by atoms with Crippen molar-refractivity contribution < 1.29 is 9.59 Å². The fourth-order valence-corrected chi connectivity index (χ4v) is 2.45. The summed E-state index contributed by atoms with van der Waals surface area (Å²) in [5.41, 5.74) is 5.35. The molecule has 92 valence electrons. The lowest BCUT2D eigenvalue weighted by Crippen LogP contribution is -2.44. The number of hydrogen-bond donors (Lipinski definition) is 1. The summed E-state index contributed by atoms with van der Waals surface area (Å²) in [6, 6.07) is -0.271. The van der Waals surface area contributed by atoms with Crippen LogP contribution in [0, 0.1) is 0 Å². The lowest BCUT2D eigenvalue weighted by Gasteiger charge is -2.25. The van der Waals surface area contributed by atoms with Gasteiger partial charge >= 0.3 is 0 Å². The molecule has 1 rings (SSSR count). The van der Waals surface area contributed by atoms with Crippen molar-refractivity contribution in [3.63, 3.8) is 0 Å². The molecule has 1 fully saturated rings. The molecule has 0 aromatic carbocycles. The van der Waals surface area contributed by atoms with Crippen LogP contribution in [-0.4, -0.2) is 59.9 Å². The maximum atomic E-state index is 11.8. The van der Waals surface area contributed by atoms with Crippen LogP contribution in [-0.2, 0) is 4.79 Å². The average Bonchev–Trinajstić information content (AvgIpc) is 2.73. The number of amides is 2. The number of likely N-dealkylation sites (N-methyl/N-ethyl adjacent to an activating group) is 1. The standard InChI is InChI=1S/C10H19N3O2S/c1-12(2)9(14)8-4-3-6-13(8)10(15)16-7-5-11/h8H,3-7,11H2,1-2H3. The maximum Gasteiger partial charge on any atom is 0.282 e. The van der Waals surface area contributed by atoms with E-state index in [2.05, 4.69) is 0 Å². The van der Waals surface area contributed by atoms with Crippen LogP contribution in [0.15, 0.2) is 0 Å². The van der Waals surface area contributed by atoms with E-state index in [1.165, 1.54) is 11.8 Å². The van der Waals surface area contributed by atoms with Gasteiger partial charge in [0.05, 0.1) is 0 Å². The smallest absolute Gasteiger partial charge is 0.282 e. The zero-order valence-electron chi connectivity index (χ0n) is 9.81. The zero-order chi connectivity index (χ0) is 12.1. The van der Waals surface area contributed by atoms with E-state index in [1.54, 1.807) is 23.9 Å². The number of likely N-dealkylation sites (tertiary alicyclic amines) is 1. The summed E-state index contributed by atoms with van der Waals surface area (Å²) in [4.78, 5) is 26.9. The fourth-order valence-electron chi connectivity index (χ4n) is 1.77. The van der Waals surface area contributed by atoms with Crippen molar-refractivity contribution in [2.45, 2.75) is 18.9 Å².